The van der Waals surface area contributed by atoms with Crippen LogP contribution in [0, 0.1) is 6.92 Å². The van der Waals surface area contributed by atoms with Crippen LogP contribution >= 0.6 is 8.25 Å². The summed E-state index contributed by atoms with van der Waals surface area (Å²) in [6.45, 7) is 3.82. The van der Waals surface area contributed by atoms with Crippen molar-refractivity contribution in [2.75, 3.05) is 0 Å². The van der Waals surface area contributed by atoms with E-state index in [1.807, 2.05) is 6.92 Å². The van der Waals surface area contributed by atoms with Gasteiger partial charge in [-0.05, 0) is 31.4 Å². The van der Waals surface area contributed by atoms with E-state index in [1.165, 1.54) is 12.1 Å². The summed E-state index contributed by atoms with van der Waals surface area (Å²) in [6.07, 6.45) is 2.44. The molecule has 0 aliphatic carbocycles. The average molecular weight is 311 g/mol. The van der Waals surface area contributed by atoms with Crippen LogP contribution in [0.3, 0.4) is 0 Å². The van der Waals surface area contributed by atoms with E-state index >= 15 is 0 Å². The molecule has 0 aliphatic heterocycles. The molecule has 1 atom stereocenters. The van der Waals surface area contributed by atoms with E-state index in [-0.39, 0.29) is 17.1 Å². The Balaban J connectivity index is 2.61. The van der Waals surface area contributed by atoms with E-state index in [0.717, 1.165) is 18.4 Å². The minimum Gasteiger partial charge on any atom is -0.504 e. The molecule has 1 aromatic carbocycles. The van der Waals surface area contributed by atoms with Gasteiger partial charge in [-0.25, -0.2) is 9.32 Å². The maximum Gasteiger partial charge on any atom is 0.747 e. The van der Waals surface area contributed by atoms with Crippen LogP contribution in [-0.2, 0) is 11.0 Å². The second kappa shape index (κ2) is 6.24. The third-order valence-electron chi connectivity index (χ3n) is 3.32. The minimum absolute atomic E-state index is 0.199. The number of unbranched alkanes of at least 4 members (excludes halogenated alkanes) is 1. The average Bonchev–Trinajstić information content (AvgIpc) is 2.40. The van der Waals surface area contributed by atoms with Gasteiger partial charge in [-0.3, -0.25) is 0 Å². The van der Waals surface area contributed by atoms with Crippen molar-refractivity contribution >= 4 is 19.2 Å². The summed E-state index contributed by atoms with van der Waals surface area (Å²) in [6, 6.07) is 2.61. The number of fused-ring (bicyclic) bond motifs is 1. The third-order valence-corrected chi connectivity index (χ3v) is 3.68. The number of hydrogen-bond acceptors (Lipinski definition) is 5. The second-order valence-electron chi connectivity index (χ2n) is 4.74. The van der Waals surface area contributed by atoms with Gasteiger partial charge < -0.3 is 9.52 Å². The van der Waals surface area contributed by atoms with Crippen molar-refractivity contribution in [3.05, 3.63) is 33.7 Å². The standard InChI is InChI=1S/C14H15O6P/c1-3-4-5-9-8(2)10-6-11(15)13(20-21(17)18)7-12(10)19-14(9)16/h6-7H,3-5H2,1-2H3,(H-,15,17,18)/p+1. The first-order chi connectivity index (χ1) is 9.93. The van der Waals surface area contributed by atoms with Crippen molar-refractivity contribution in [2.24, 2.45) is 0 Å². The predicted molar refractivity (Wildman–Crippen MR) is 78.0 cm³/mol. The zero-order valence-electron chi connectivity index (χ0n) is 11.8. The second-order valence-corrected chi connectivity index (χ2v) is 5.40. The summed E-state index contributed by atoms with van der Waals surface area (Å²) in [4.78, 5) is 20.7. The lowest BCUT2D eigenvalue weighted by atomic mass is 10.0. The number of aromatic hydroxyl groups is 1. The molecule has 1 unspecified atom stereocenters. The first-order valence-electron chi connectivity index (χ1n) is 6.57. The van der Waals surface area contributed by atoms with Crippen molar-refractivity contribution in [2.45, 2.75) is 33.1 Å². The fourth-order valence-corrected chi connectivity index (χ4v) is 2.52. The van der Waals surface area contributed by atoms with Gasteiger partial charge in [0, 0.05) is 21.6 Å². The zero-order valence-corrected chi connectivity index (χ0v) is 12.6. The molecular formula is C14H16O6P+. The molecular weight excluding hydrogens is 295 g/mol. The van der Waals surface area contributed by atoms with E-state index in [4.69, 9.17) is 9.31 Å². The van der Waals surface area contributed by atoms with Crippen molar-refractivity contribution in [1.82, 2.24) is 0 Å². The lowest BCUT2D eigenvalue weighted by Crippen LogP contribution is -2.10. The molecule has 2 N–H and O–H groups in total. The minimum atomic E-state index is -2.91. The Morgan fingerprint density at radius 1 is 1.38 bits per heavy atom. The smallest absolute Gasteiger partial charge is 0.504 e. The summed E-state index contributed by atoms with van der Waals surface area (Å²) in [5.74, 6) is -0.478. The highest BCUT2D eigenvalue weighted by Crippen LogP contribution is 2.36. The molecule has 7 heteroatoms. The first kappa shape index (κ1) is 15.5. The van der Waals surface area contributed by atoms with Gasteiger partial charge in [0.05, 0.1) is 0 Å². The molecule has 0 bridgehead atoms. The summed E-state index contributed by atoms with van der Waals surface area (Å²) >= 11 is 0. The molecule has 112 valence electrons. The van der Waals surface area contributed by atoms with Gasteiger partial charge in [0.1, 0.15) is 5.58 Å². The highest BCUT2D eigenvalue weighted by molar-refractivity contribution is 7.32. The quantitative estimate of drug-likeness (QED) is 0.650. The largest absolute Gasteiger partial charge is 0.747 e. The molecule has 0 saturated carbocycles. The summed E-state index contributed by atoms with van der Waals surface area (Å²) in [5.41, 5.74) is 1.11. The Hall–Kier alpha value is -1.91. The van der Waals surface area contributed by atoms with Gasteiger partial charge in [0.15, 0.2) is 5.75 Å². The van der Waals surface area contributed by atoms with E-state index in [2.05, 4.69) is 4.52 Å². The summed E-state index contributed by atoms with van der Waals surface area (Å²) in [7, 11) is -2.91. The van der Waals surface area contributed by atoms with Gasteiger partial charge in [0.2, 0.25) is 5.75 Å². The number of phenolic OH excluding ortho intramolecular Hbond substituents is 1. The Morgan fingerprint density at radius 3 is 2.71 bits per heavy atom. The molecule has 2 aromatic rings. The number of aryl methyl sites for hydroxylation is 1. The molecule has 0 aliphatic rings. The fraction of sp³-hybridized carbons (Fsp3) is 0.357. The van der Waals surface area contributed by atoms with Crippen LogP contribution < -0.4 is 10.1 Å². The lowest BCUT2D eigenvalue weighted by molar-refractivity contribution is 0.389. The highest BCUT2D eigenvalue weighted by Gasteiger charge is 2.21. The van der Waals surface area contributed by atoms with Crippen molar-refractivity contribution in [3.63, 3.8) is 0 Å². The topological polar surface area (TPSA) is 97.0 Å². The zero-order chi connectivity index (χ0) is 15.6. The van der Waals surface area contributed by atoms with Crippen LogP contribution in [0.4, 0.5) is 0 Å². The Morgan fingerprint density at radius 2 is 2.10 bits per heavy atom. The van der Waals surface area contributed by atoms with Crippen molar-refractivity contribution in [1.29, 1.82) is 0 Å². The van der Waals surface area contributed by atoms with Crippen LogP contribution in [0.15, 0.2) is 21.3 Å². The molecule has 6 nitrogen and oxygen atoms in total. The fourth-order valence-electron chi connectivity index (χ4n) is 2.20. The van der Waals surface area contributed by atoms with Gasteiger partial charge in [-0.1, -0.05) is 13.3 Å². The van der Waals surface area contributed by atoms with Crippen LogP contribution in [0.25, 0.3) is 11.0 Å². The molecule has 0 spiro atoms. The van der Waals surface area contributed by atoms with E-state index < -0.39 is 13.9 Å². The highest BCUT2D eigenvalue weighted by atomic mass is 31.1. The third kappa shape index (κ3) is 3.23. The van der Waals surface area contributed by atoms with Gasteiger partial charge in [0.25, 0.3) is 0 Å². The molecule has 2 rings (SSSR count). The Labute approximate surface area is 121 Å². The van der Waals surface area contributed by atoms with Gasteiger partial charge >= 0.3 is 13.9 Å². The van der Waals surface area contributed by atoms with Crippen LogP contribution in [-0.4, -0.2) is 10.00 Å². The molecule has 0 radical (unpaired) electrons. The van der Waals surface area contributed by atoms with Crippen molar-refractivity contribution < 1.29 is 23.5 Å². The van der Waals surface area contributed by atoms with Crippen LogP contribution in [0.2, 0.25) is 0 Å². The van der Waals surface area contributed by atoms with E-state index in [9.17, 15) is 14.5 Å². The van der Waals surface area contributed by atoms with Gasteiger partial charge in [-0.2, -0.15) is 0 Å². The monoisotopic (exact) mass is 311 g/mol. The lowest BCUT2D eigenvalue weighted by Gasteiger charge is -2.08. The van der Waals surface area contributed by atoms with E-state index in [1.54, 1.807) is 6.92 Å². The number of phenols is 1. The predicted octanol–water partition coefficient (Wildman–Crippen LogP) is 3.18. The first-order valence-corrected chi connectivity index (χ1v) is 7.70. The Kier molecular flexibility index (Phi) is 4.60. The molecule has 1 aromatic heterocycles. The maximum atomic E-state index is 12.0. The van der Waals surface area contributed by atoms with E-state index in [0.29, 0.717) is 17.4 Å². The normalized spacial score (nSPS) is 11.7. The van der Waals surface area contributed by atoms with Crippen LogP contribution in [0.1, 0.15) is 30.9 Å². The Bertz CT molecular complexity index is 749. The van der Waals surface area contributed by atoms with Crippen LogP contribution in [0.5, 0.6) is 11.5 Å². The van der Waals surface area contributed by atoms with Crippen molar-refractivity contribution in [3.8, 4) is 11.5 Å². The van der Waals surface area contributed by atoms with Gasteiger partial charge in [-0.15, -0.1) is 4.89 Å². The SMILES string of the molecule is CCCCc1c(C)c2cc(O)c(O[P+](=O)O)cc2oc1=O. The summed E-state index contributed by atoms with van der Waals surface area (Å²) < 4.78 is 20.5. The molecule has 0 fully saturated rings. The maximum absolute atomic E-state index is 12.0. The molecule has 0 saturated heterocycles. The summed E-state index contributed by atoms with van der Waals surface area (Å²) in [5, 5.41) is 10.4. The number of rotatable bonds is 5. The molecule has 21 heavy (non-hydrogen) atoms. The number of hydrogen-bond donors (Lipinski definition) is 2. The molecule has 0 amide bonds. The molecule has 1 heterocycles. The number of benzene rings is 1.